The summed E-state index contributed by atoms with van der Waals surface area (Å²) >= 11 is 1.39. The van der Waals surface area contributed by atoms with Gasteiger partial charge in [-0.2, -0.15) is 4.68 Å². The minimum atomic E-state index is -1.15. The maximum atomic E-state index is 13.1. The van der Waals surface area contributed by atoms with Gasteiger partial charge in [-0.3, -0.25) is 9.59 Å². The third kappa shape index (κ3) is 5.68. The summed E-state index contributed by atoms with van der Waals surface area (Å²) < 4.78 is 11.8. The molecule has 0 aliphatic rings. The number of nitrogens with one attached hydrogen (secondary N) is 1. The number of carbonyl (C=O) groups excluding carboxylic acids is 2. The van der Waals surface area contributed by atoms with Gasteiger partial charge in [0.15, 0.2) is 0 Å². The van der Waals surface area contributed by atoms with Crippen molar-refractivity contribution in [3.05, 3.63) is 93.3 Å². The number of amides is 1. The Morgan fingerprint density at radius 2 is 1.82 bits per heavy atom. The first-order valence-electron chi connectivity index (χ1n) is 10.6. The van der Waals surface area contributed by atoms with Gasteiger partial charge in [-0.1, -0.05) is 42.5 Å². The molecule has 0 fully saturated rings. The lowest BCUT2D eigenvalue weighted by Crippen LogP contribution is -2.27. The van der Waals surface area contributed by atoms with E-state index in [2.05, 4.69) is 10.4 Å². The van der Waals surface area contributed by atoms with Crippen LogP contribution in [-0.4, -0.2) is 21.7 Å². The zero-order valence-corrected chi connectivity index (χ0v) is 19.5. The molecule has 0 radical (unpaired) electrons. The highest BCUT2D eigenvalue weighted by Crippen LogP contribution is 2.23. The average Bonchev–Trinajstić information content (AvgIpc) is 3.46. The van der Waals surface area contributed by atoms with Crippen LogP contribution < -0.4 is 11.1 Å². The molecule has 0 bridgehead atoms. The zero-order valence-electron chi connectivity index (χ0n) is 18.7. The highest BCUT2D eigenvalue weighted by atomic mass is 32.1. The van der Waals surface area contributed by atoms with Crippen LogP contribution in [0.4, 0.5) is 5.69 Å². The number of benzene rings is 2. The lowest BCUT2D eigenvalue weighted by Gasteiger charge is -2.18. The zero-order chi connectivity index (χ0) is 24.1. The fourth-order valence-corrected chi connectivity index (χ4v) is 4.13. The molecule has 4 rings (SSSR count). The standard InChI is InChI=1S/C25H23N3O5S/c1-16-13-17(2)15-19(14-16)26-23(30)22(18-7-4-3-5-8-18)32-21(29)10-11-28-25(31)33-24(27-28)20-9-6-12-34-20/h3-9,12-15,22H,10-11H2,1-2H3,(H,26,30). The Labute approximate surface area is 199 Å². The third-order valence-electron chi connectivity index (χ3n) is 4.94. The molecule has 0 saturated carbocycles. The highest BCUT2D eigenvalue weighted by molar-refractivity contribution is 7.13. The fourth-order valence-electron chi connectivity index (χ4n) is 3.49. The van der Waals surface area contributed by atoms with Crippen LogP contribution in [0.5, 0.6) is 0 Å². The molecule has 0 spiro atoms. The topological polar surface area (TPSA) is 103 Å². The van der Waals surface area contributed by atoms with E-state index < -0.39 is 23.7 Å². The number of aryl methyl sites for hydroxylation is 3. The van der Waals surface area contributed by atoms with Crippen molar-refractivity contribution >= 4 is 28.9 Å². The largest absolute Gasteiger partial charge is 0.447 e. The smallest absolute Gasteiger partial charge is 0.437 e. The Morgan fingerprint density at radius 3 is 2.50 bits per heavy atom. The SMILES string of the molecule is Cc1cc(C)cc(NC(=O)C(OC(=O)CCn2nc(-c3cccs3)oc2=O)c2ccccc2)c1. The quantitative estimate of drug-likeness (QED) is 0.375. The number of esters is 1. The van der Waals surface area contributed by atoms with Gasteiger partial charge in [0.05, 0.1) is 17.8 Å². The van der Waals surface area contributed by atoms with E-state index >= 15 is 0 Å². The van der Waals surface area contributed by atoms with Crippen LogP contribution >= 0.6 is 11.3 Å². The van der Waals surface area contributed by atoms with E-state index in [9.17, 15) is 14.4 Å². The van der Waals surface area contributed by atoms with Gasteiger partial charge in [-0.25, -0.2) is 4.79 Å². The van der Waals surface area contributed by atoms with Gasteiger partial charge >= 0.3 is 11.7 Å². The summed E-state index contributed by atoms with van der Waals surface area (Å²) in [7, 11) is 0. The molecule has 9 heteroatoms. The Morgan fingerprint density at radius 1 is 1.09 bits per heavy atom. The van der Waals surface area contributed by atoms with Crippen molar-refractivity contribution in [3.8, 4) is 10.8 Å². The number of carbonyl (C=O) groups is 2. The molecule has 1 unspecified atom stereocenters. The summed E-state index contributed by atoms with van der Waals surface area (Å²) in [5.74, 6) is -1.58. The number of anilines is 1. The first kappa shape index (κ1) is 23.2. The van der Waals surface area contributed by atoms with E-state index in [0.29, 0.717) is 16.1 Å². The van der Waals surface area contributed by atoms with E-state index in [-0.39, 0.29) is 18.9 Å². The van der Waals surface area contributed by atoms with Gasteiger partial charge in [0.2, 0.25) is 6.10 Å². The Hall–Kier alpha value is -3.98. The minimum Gasteiger partial charge on any atom is -0.447 e. The predicted molar refractivity (Wildman–Crippen MR) is 129 cm³/mol. The first-order chi connectivity index (χ1) is 16.4. The number of ether oxygens (including phenoxy) is 1. The molecule has 8 nitrogen and oxygen atoms in total. The second kappa shape index (κ2) is 10.3. The molecule has 0 aliphatic heterocycles. The fraction of sp³-hybridized carbons (Fsp3) is 0.200. The van der Waals surface area contributed by atoms with Crippen LogP contribution in [0.15, 0.2) is 75.3 Å². The molecule has 1 amide bonds. The second-order valence-corrected chi connectivity index (χ2v) is 8.72. The maximum absolute atomic E-state index is 13.1. The monoisotopic (exact) mass is 477 g/mol. The van der Waals surface area contributed by atoms with Crippen LogP contribution in [0.25, 0.3) is 10.8 Å². The Balaban J connectivity index is 1.45. The van der Waals surface area contributed by atoms with E-state index in [1.165, 1.54) is 11.3 Å². The second-order valence-electron chi connectivity index (χ2n) is 7.77. The van der Waals surface area contributed by atoms with E-state index in [0.717, 1.165) is 15.8 Å². The van der Waals surface area contributed by atoms with Crippen molar-refractivity contribution in [2.24, 2.45) is 0 Å². The summed E-state index contributed by atoms with van der Waals surface area (Å²) in [6.45, 7) is 3.84. The maximum Gasteiger partial charge on any atom is 0.437 e. The van der Waals surface area contributed by atoms with Crippen molar-refractivity contribution in [1.82, 2.24) is 9.78 Å². The summed E-state index contributed by atoms with van der Waals surface area (Å²) in [5, 5.41) is 8.81. The Kier molecular flexibility index (Phi) is 7.03. The summed E-state index contributed by atoms with van der Waals surface area (Å²) in [6.07, 6.45) is -1.30. The summed E-state index contributed by atoms with van der Waals surface area (Å²) in [4.78, 5) is 38.5. The van der Waals surface area contributed by atoms with Crippen molar-refractivity contribution in [1.29, 1.82) is 0 Å². The molecule has 0 aliphatic carbocycles. The molecule has 1 atom stereocenters. The molecule has 2 aromatic heterocycles. The van der Waals surface area contributed by atoms with Crippen LogP contribution in [0.1, 0.15) is 29.2 Å². The molecule has 2 heterocycles. The third-order valence-corrected chi connectivity index (χ3v) is 5.80. The lowest BCUT2D eigenvalue weighted by molar-refractivity contribution is -0.155. The molecule has 174 valence electrons. The Bertz CT molecular complexity index is 1320. The first-order valence-corrected chi connectivity index (χ1v) is 11.5. The van der Waals surface area contributed by atoms with E-state index in [4.69, 9.17) is 9.15 Å². The molecular formula is C25H23N3O5S. The average molecular weight is 478 g/mol. The van der Waals surface area contributed by atoms with Crippen molar-refractivity contribution in [2.45, 2.75) is 32.9 Å². The van der Waals surface area contributed by atoms with Crippen molar-refractivity contribution < 1.29 is 18.7 Å². The number of aromatic nitrogens is 2. The minimum absolute atomic E-state index is 0.0350. The van der Waals surface area contributed by atoms with Crippen molar-refractivity contribution in [2.75, 3.05) is 5.32 Å². The summed E-state index contributed by atoms with van der Waals surface area (Å²) in [5.41, 5.74) is 3.16. The van der Waals surface area contributed by atoms with Crippen LogP contribution in [0.3, 0.4) is 0 Å². The van der Waals surface area contributed by atoms with Gasteiger partial charge in [-0.15, -0.1) is 16.4 Å². The lowest BCUT2D eigenvalue weighted by atomic mass is 10.1. The predicted octanol–water partition coefficient (Wildman–Crippen LogP) is 4.49. The van der Waals surface area contributed by atoms with Gasteiger partial charge in [-0.05, 0) is 48.6 Å². The molecule has 34 heavy (non-hydrogen) atoms. The molecule has 0 saturated heterocycles. The van der Waals surface area contributed by atoms with Crippen LogP contribution in [0, 0.1) is 13.8 Å². The van der Waals surface area contributed by atoms with Crippen LogP contribution in [0.2, 0.25) is 0 Å². The van der Waals surface area contributed by atoms with Gasteiger partial charge < -0.3 is 14.5 Å². The van der Waals surface area contributed by atoms with Crippen molar-refractivity contribution in [3.63, 3.8) is 0 Å². The molecule has 1 N–H and O–H groups in total. The van der Waals surface area contributed by atoms with Gasteiger partial charge in [0.25, 0.3) is 11.8 Å². The summed E-state index contributed by atoms with van der Waals surface area (Å²) in [6, 6.07) is 18.1. The molecule has 2 aromatic carbocycles. The van der Waals surface area contributed by atoms with Gasteiger partial charge in [0, 0.05) is 11.3 Å². The van der Waals surface area contributed by atoms with Crippen LogP contribution in [-0.2, 0) is 20.9 Å². The number of hydrogen-bond donors (Lipinski definition) is 1. The molecular weight excluding hydrogens is 454 g/mol. The number of thiophene rings is 1. The number of rotatable bonds is 8. The van der Waals surface area contributed by atoms with E-state index in [1.54, 1.807) is 30.3 Å². The highest BCUT2D eigenvalue weighted by Gasteiger charge is 2.25. The number of nitrogens with zero attached hydrogens (tertiary/aromatic N) is 2. The van der Waals surface area contributed by atoms with E-state index in [1.807, 2.05) is 49.6 Å². The number of hydrogen-bond acceptors (Lipinski definition) is 7. The normalized spacial score (nSPS) is 11.7. The molecule has 4 aromatic rings. The van der Waals surface area contributed by atoms with Gasteiger partial charge in [0.1, 0.15) is 0 Å².